The van der Waals surface area contributed by atoms with E-state index in [9.17, 15) is 9.59 Å². The SMILES string of the molecule is CCOc1ccc([C@H]2C(C(=O)OC(C)C)=C(C)N=c3s/c(=C/c4cccc(OC)c4OC)c(=O)n32)cc1. The number of carbonyl (C=O) groups is 1. The van der Waals surface area contributed by atoms with Crippen LogP contribution < -0.4 is 29.1 Å². The van der Waals surface area contributed by atoms with Gasteiger partial charge in [-0.2, -0.15) is 0 Å². The third-order valence-corrected chi connectivity index (χ3v) is 6.79. The first-order valence-corrected chi connectivity index (χ1v) is 12.8. The summed E-state index contributed by atoms with van der Waals surface area (Å²) in [5.74, 6) is 1.29. The van der Waals surface area contributed by atoms with Gasteiger partial charge in [-0.15, -0.1) is 0 Å². The van der Waals surface area contributed by atoms with Gasteiger partial charge in [-0.1, -0.05) is 35.6 Å². The van der Waals surface area contributed by atoms with Crippen LogP contribution in [0.15, 0.2) is 63.5 Å². The molecule has 2 heterocycles. The predicted molar refractivity (Wildman–Crippen MR) is 142 cm³/mol. The quantitative estimate of drug-likeness (QED) is 0.420. The number of thiazole rings is 1. The van der Waals surface area contributed by atoms with Gasteiger partial charge in [0.15, 0.2) is 16.3 Å². The van der Waals surface area contributed by atoms with Gasteiger partial charge in [0.1, 0.15) is 5.75 Å². The highest BCUT2D eigenvalue weighted by atomic mass is 32.1. The van der Waals surface area contributed by atoms with Crippen LogP contribution in [-0.2, 0) is 9.53 Å². The van der Waals surface area contributed by atoms with Gasteiger partial charge in [0.05, 0.1) is 48.8 Å². The summed E-state index contributed by atoms with van der Waals surface area (Å²) < 4.78 is 24.1. The van der Waals surface area contributed by atoms with Gasteiger partial charge >= 0.3 is 5.97 Å². The van der Waals surface area contributed by atoms with Crippen LogP contribution in [0.2, 0.25) is 0 Å². The standard InChI is InChI=1S/C28H30N2O6S/c1-7-35-20-13-11-18(12-14-20)24-23(27(32)36-16(2)3)17(4)29-28-30(24)26(31)22(37-28)15-19-9-8-10-21(33-5)25(19)34-6/h8-16,24H,7H2,1-6H3/b22-15+/t24-/m0/s1. The van der Waals surface area contributed by atoms with Gasteiger partial charge < -0.3 is 18.9 Å². The number of ether oxygens (including phenoxy) is 4. The summed E-state index contributed by atoms with van der Waals surface area (Å²) in [7, 11) is 3.12. The summed E-state index contributed by atoms with van der Waals surface area (Å²) in [4.78, 5) is 32.2. The van der Waals surface area contributed by atoms with E-state index in [1.165, 1.54) is 11.3 Å². The summed E-state index contributed by atoms with van der Waals surface area (Å²) in [6.07, 6.45) is 1.44. The van der Waals surface area contributed by atoms with Crippen molar-refractivity contribution in [1.29, 1.82) is 0 Å². The first kappa shape index (κ1) is 26.2. The van der Waals surface area contributed by atoms with E-state index in [0.29, 0.717) is 50.0 Å². The molecule has 37 heavy (non-hydrogen) atoms. The lowest BCUT2D eigenvalue weighted by molar-refractivity contribution is -0.143. The third-order valence-electron chi connectivity index (χ3n) is 5.81. The average Bonchev–Trinajstić information content (AvgIpc) is 3.17. The Labute approximate surface area is 219 Å². The molecule has 0 aliphatic carbocycles. The molecule has 0 amide bonds. The van der Waals surface area contributed by atoms with Crippen LogP contribution in [-0.4, -0.2) is 37.5 Å². The molecule has 1 aromatic heterocycles. The van der Waals surface area contributed by atoms with Crippen molar-refractivity contribution in [2.75, 3.05) is 20.8 Å². The number of nitrogens with zero attached hydrogens (tertiary/aromatic N) is 2. The van der Waals surface area contributed by atoms with Crippen molar-refractivity contribution in [1.82, 2.24) is 4.57 Å². The van der Waals surface area contributed by atoms with Gasteiger partial charge in [0.2, 0.25) is 0 Å². The fourth-order valence-corrected chi connectivity index (χ4v) is 5.29. The third kappa shape index (κ3) is 5.17. The van der Waals surface area contributed by atoms with Crippen LogP contribution in [0.5, 0.6) is 17.2 Å². The topological polar surface area (TPSA) is 88.4 Å². The minimum atomic E-state index is -0.701. The molecule has 3 aromatic rings. The van der Waals surface area contributed by atoms with E-state index >= 15 is 0 Å². The largest absolute Gasteiger partial charge is 0.494 e. The molecule has 0 bridgehead atoms. The van der Waals surface area contributed by atoms with E-state index in [1.54, 1.807) is 51.7 Å². The summed E-state index contributed by atoms with van der Waals surface area (Å²) in [6.45, 7) is 7.79. The van der Waals surface area contributed by atoms with Crippen molar-refractivity contribution < 1.29 is 23.7 Å². The highest BCUT2D eigenvalue weighted by Crippen LogP contribution is 2.33. The molecule has 0 radical (unpaired) electrons. The number of carbonyl (C=O) groups excluding carboxylic acids is 1. The molecule has 1 aliphatic rings. The Balaban J connectivity index is 1.93. The number of para-hydroxylation sites is 1. The number of fused-ring (bicyclic) bond motifs is 1. The summed E-state index contributed by atoms with van der Waals surface area (Å²) >= 11 is 1.25. The Morgan fingerprint density at radius 2 is 1.86 bits per heavy atom. The first-order valence-electron chi connectivity index (χ1n) is 12.0. The van der Waals surface area contributed by atoms with Crippen molar-refractivity contribution in [2.45, 2.75) is 39.8 Å². The first-order chi connectivity index (χ1) is 17.8. The fraction of sp³-hybridized carbons (Fsp3) is 0.321. The molecular formula is C28H30N2O6S. The maximum atomic E-state index is 13.8. The highest BCUT2D eigenvalue weighted by molar-refractivity contribution is 7.07. The smallest absolute Gasteiger partial charge is 0.338 e. The van der Waals surface area contributed by atoms with Crippen LogP contribution in [0.25, 0.3) is 6.08 Å². The zero-order valence-electron chi connectivity index (χ0n) is 21.7. The monoisotopic (exact) mass is 522 g/mol. The molecule has 9 heteroatoms. The normalized spacial score (nSPS) is 15.3. The summed E-state index contributed by atoms with van der Waals surface area (Å²) in [6, 6.07) is 12.1. The molecule has 8 nitrogen and oxygen atoms in total. The van der Waals surface area contributed by atoms with Crippen LogP contribution in [0, 0.1) is 0 Å². The van der Waals surface area contributed by atoms with E-state index in [0.717, 1.165) is 5.56 Å². The fourth-order valence-electron chi connectivity index (χ4n) is 4.26. The van der Waals surface area contributed by atoms with Crippen LogP contribution in [0.1, 0.15) is 44.9 Å². The zero-order valence-corrected chi connectivity index (χ0v) is 22.5. The Bertz CT molecular complexity index is 1520. The number of benzene rings is 2. The van der Waals surface area contributed by atoms with Gasteiger partial charge in [0, 0.05) is 5.56 Å². The van der Waals surface area contributed by atoms with E-state index in [4.69, 9.17) is 18.9 Å². The lowest BCUT2D eigenvalue weighted by Gasteiger charge is -2.25. The van der Waals surface area contributed by atoms with Gasteiger partial charge in [-0.3, -0.25) is 9.36 Å². The maximum absolute atomic E-state index is 13.8. The molecule has 0 spiro atoms. The van der Waals surface area contributed by atoms with Gasteiger partial charge in [-0.05, 0) is 57.5 Å². The number of rotatable bonds is 8. The van der Waals surface area contributed by atoms with Crippen molar-refractivity contribution in [3.8, 4) is 17.2 Å². The average molecular weight is 523 g/mol. The number of hydrogen-bond donors (Lipinski definition) is 0. The molecule has 1 aliphatic heterocycles. The molecule has 0 N–H and O–H groups in total. The van der Waals surface area contributed by atoms with Crippen molar-refractivity contribution in [3.63, 3.8) is 0 Å². The highest BCUT2D eigenvalue weighted by Gasteiger charge is 2.33. The predicted octanol–water partition coefficient (Wildman–Crippen LogP) is 3.60. The Morgan fingerprint density at radius 1 is 1.14 bits per heavy atom. The molecule has 4 rings (SSSR count). The van der Waals surface area contributed by atoms with Gasteiger partial charge in [-0.25, -0.2) is 9.79 Å². The summed E-state index contributed by atoms with van der Waals surface area (Å²) in [5.41, 5.74) is 2.02. The van der Waals surface area contributed by atoms with E-state index < -0.39 is 12.0 Å². The van der Waals surface area contributed by atoms with Crippen molar-refractivity contribution in [3.05, 3.63) is 84.5 Å². The number of methoxy groups -OCH3 is 2. The van der Waals surface area contributed by atoms with E-state index in [1.807, 2.05) is 43.3 Å². The second-order valence-corrected chi connectivity index (χ2v) is 9.63. The Hall–Kier alpha value is -3.85. The van der Waals surface area contributed by atoms with Crippen molar-refractivity contribution in [2.24, 2.45) is 4.99 Å². The molecule has 0 saturated carbocycles. The molecule has 2 aromatic carbocycles. The van der Waals surface area contributed by atoms with E-state index in [-0.39, 0.29) is 11.7 Å². The minimum absolute atomic E-state index is 0.269. The molecule has 194 valence electrons. The maximum Gasteiger partial charge on any atom is 0.338 e. The van der Waals surface area contributed by atoms with Gasteiger partial charge in [0.25, 0.3) is 5.56 Å². The number of aromatic nitrogens is 1. The van der Waals surface area contributed by atoms with E-state index in [2.05, 4.69) is 4.99 Å². The number of esters is 1. The molecule has 0 unspecified atom stereocenters. The molecule has 0 fully saturated rings. The Kier molecular flexibility index (Phi) is 7.83. The van der Waals surface area contributed by atoms with Crippen molar-refractivity contribution >= 4 is 23.4 Å². The lowest BCUT2D eigenvalue weighted by atomic mass is 9.96. The van der Waals surface area contributed by atoms with Crippen LogP contribution >= 0.6 is 11.3 Å². The number of allylic oxidation sites excluding steroid dienone is 1. The second kappa shape index (κ2) is 11.0. The second-order valence-electron chi connectivity index (χ2n) is 8.62. The van der Waals surface area contributed by atoms with Crippen LogP contribution in [0.4, 0.5) is 0 Å². The Morgan fingerprint density at radius 3 is 2.49 bits per heavy atom. The molecular weight excluding hydrogens is 492 g/mol. The summed E-state index contributed by atoms with van der Waals surface area (Å²) in [5, 5.41) is 0. The lowest BCUT2D eigenvalue weighted by Crippen LogP contribution is -2.40. The molecule has 1 atom stereocenters. The zero-order chi connectivity index (χ0) is 26.7. The minimum Gasteiger partial charge on any atom is -0.494 e. The van der Waals surface area contributed by atoms with Crippen LogP contribution in [0.3, 0.4) is 0 Å². The number of hydrogen-bond acceptors (Lipinski definition) is 8. The molecule has 0 saturated heterocycles.